The second-order valence-electron chi connectivity index (χ2n) is 4.44. The van der Waals surface area contributed by atoms with E-state index in [9.17, 15) is 13.5 Å². The first-order valence-electron chi connectivity index (χ1n) is 5.78. The van der Waals surface area contributed by atoms with Gasteiger partial charge in [-0.15, -0.1) is 0 Å². The maximum Gasteiger partial charge on any atom is 0.243 e. The third kappa shape index (κ3) is 2.36. The lowest BCUT2D eigenvalue weighted by atomic mass is 10.2. The van der Waals surface area contributed by atoms with E-state index in [-0.39, 0.29) is 11.4 Å². The van der Waals surface area contributed by atoms with Crippen LogP contribution in [0.3, 0.4) is 0 Å². The van der Waals surface area contributed by atoms with E-state index < -0.39 is 16.1 Å². The normalized spacial score (nSPS) is 21.2. The average Bonchev–Trinajstić information content (AvgIpc) is 2.76. The summed E-state index contributed by atoms with van der Waals surface area (Å²) in [6, 6.07) is 4.78. The third-order valence-corrected chi connectivity index (χ3v) is 4.99. The third-order valence-electron chi connectivity index (χ3n) is 3.13. The first kappa shape index (κ1) is 13.3. The van der Waals surface area contributed by atoms with Crippen LogP contribution < -0.4 is 4.74 Å². The topological polar surface area (TPSA) is 66.8 Å². The van der Waals surface area contributed by atoms with Gasteiger partial charge in [0.15, 0.2) is 0 Å². The molecule has 0 aliphatic carbocycles. The van der Waals surface area contributed by atoms with E-state index in [0.717, 1.165) is 5.56 Å². The fourth-order valence-corrected chi connectivity index (χ4v) is 3.67. The summed E-state index contributed by atoms with van der Waals surface area (Å²) in [5.74, 6) is 0.662. The Balaban J connectivity index is 2.33. The molecule has 1 heterocycles. The van der Waals surface area contributed by atoms with Crippen LogP contribution in [0, 0.1) is 6.92 Å². The van der Waals surface area contributed by atoms with E-state index in [2.05, 4.69) is 0 Å². The van der Waals surface area contributed by atoms with Crippen molar-refractivity contribution in [1.29, 1.82) is 0 Å². The van der Waals surface area contributed by atoms with Crippen molar-refractivity contribution in [3.63, 3.8) is 0 Å². The van der Waals surface area contributed by atoms with E-state index in [0.29, 0.717) is 18.7 Å². The van der Waals surface area contributed by atoms with E-state index in [1.165, 1.54) is 10.4 Å². The summed E-state index contributed by atoms with van der Waals surface area (Å²) in [6.07, 6.45) is -0.0620. The highest BCUT2D eigenvalue weighted by Crippen LogP contribution is 2.25. The Kier molecular flexibility index (Phi) is 3.61. The molecule has 6 heteroatoms. The number of hydrogen-bond acceptors (Lipinski definition) is 4. The van der Waals surface area contributed by atoms with Crippen LogP contribution >= 0.6 is 0 Å². The Morgan fingerprint density at radius 1 is 1.44 bits per heavy atom. The maximum atomic E-state index is 12.3. The fourth-order valence-electron chi connectivity index (χ4n) is 2.09. The summed E-state index contributed by atoms with van der Waals surface area (Å²) >= 11 is 0. The van der Waals surface area contributed by atoms with Crippen molar-refractivity contribution < 1.29 is 18.3 Å². The highest BCUT2D eigenvalue weighted by atomic mass is 32.2. The molecular formula is C12H17NO4S. The molecule has 1 aromatic rings. The summed E-state index contributed by atoms with van der Waals surface area (Å²) < 4.78 is 31.0. The largest absolute Gasteiger partial charge is 0.496 e. The molecule has 0 bridgehead atoms. The zero-order valence-electron chi connectivity index (χ0n) is 10.5. The molecule has 1 aromatic carbocycles. The Bertz CT molecular complexity index is 541. The molecule has 1 N–H and O–H groups in total. The summed E-state index contributed by atoms with van der Waals surface area (Å²) in [5.41, 5.74) is 0.776. The molecule has 100 valence electrons. The molecule has 0 radical (unpaired) electrons. The Labute approximate surface area is 107 Å². The van der Waals surface area contributed by atoms with Crippen molar-refractivity contribution in [1.82, 2.24) is 4.31 Å². The van der Waals surface area contributed by atoms with Gasteiger partial charge in [0.05, 0.1) is 18.1 Å². The van der Waals surface area contributed by atoms with Gasteiger partial charge < -0.3 is 9.84 Å². The van der Waals surface area contributed by atoms with Gasteiger partial charge >= 0.3 is 0 Å². The minimum absolute atomic E-state index is 0.174. The van der Waals surface area contributed by atoms with Gasteiger partial charge in [0, 0.05) is 13.1 Å². The Morgan fingerprint density at radius 2 is 2.17 bits per heavy atom. The lowest BCUT2D eigenvalue weighted by molar-refractivity contribution is 0.189. The molecule has 1 aliphatic rings. The molecule has 1 fully saturated rings. The van der Waals surface area contributed by atoms with Gasteiger partial charge in [-0.3, -0.25) is 0 Å². The SMILES string of the molecule is COc1ccc(S(=O)(=O)N2CCC(O)C2)cc1C. The smallest absolute Gasteiger partial charge is 0.243 e. The van der Waals surface area contributed by atoms with Gasteiger partial charge in [0.1, 0.15) is 5.75 Å². The van der Waals surface area contributed by atoms with Crippen LogP contribution in [0.1, 0.15) is 12.0 Å². The van der Waals surface area contributed by atoms with Crippen molar-refractivity contribution in [2.75, 3.05) is 20.2 Å². The van der Waals surface area contributed by atoms with Gasteiger partial charge in [-0.25, -0.2) is 8.42 Å². The van der Waals surface area contributed by atoms with E-state index in [4.69, 9.17) is 4.74 Å². The van der Waals surface area contributed by atoms with Gasteiger partial charge in [-0.2, -0.15) is 4.31 Å². The van der Waals surface area contributed by atoms with Crippen molar-refractivity contribution in [2.45, 2.75) is 24.3 Å². The molecule has 1 atom stereocenters. The molecule has 0 spiro atoms. The number of ether oxygens (including phenoxy) is 1. The number of hydrogen-bond donors (Lipinski definition) is 1. The number of rotatable bonds is 3. The zero-order valence-corrected chi connectivity index (χ0v) is 11.3. The van der Waals surface area contributed by atoms with Crippen LogP contribution in [0.25, 0.3) is 0 Å². The van der Waals surface area contributed by atoms with E-state index in [1.807, 2.05) is 0 Å². The highest BCUT2D eigenvalue weighted by molar-refractivity contribution is 7.89. The number of aliphatic hydroxyl groups excluding tert-OH is 1. The molecule has 5 nitrogen and oxygen atoms in total. The maximum absolute atomic E-state index is 12.3. The molecule has 1 saturated heterocycles. The molecule has 18 heavy (non-hydrogen) atoms. The molecular weight excluding hydrogens is 254 g/mol. The Morgan fingerprint density at radius 3 is 2.67 bits per heavy atom. The molecule has 0 saturated carbocycles. The number of aliphatic hydroxyl groups is 1. The second-order valence-corrected chi connectivity index (χ2v) is 6.37. The first-order chi connectivity index (χ1) is 8.45. The Hall–Kier alpha value is -1.11. The lowest BCUT2D eigenvalue weighted by Crippen LogP contribution is -2.29. The van der Waals surface area contributed by atoms with Crippen molar-refractivity contribution in [3.05, 3.63) is 23.8 Å². The predicted molar refractivity (Wildman–Crippen MR) is 67.1 cm³/mol. The van der Waals surface area contributed by atoms with Gasteiger partial charge in [-0.05, 0) is 37.1 Å². The molecule has 1 aliphatic heterocycles. The monoisotopic (exact) mass is 271 g/mol. The number of β-amino-alcohol motifs (C(OH)–C–C–N with tert-alkyl or cyclic N) is 1. The van der Waals surface area contributed by atoms with Gasteiger partial charge in [0.2, 0.25) is 10.0 Å². The van der Waals surface area contributed by atoms with Crippen molar-refractivity contribution in [2.24, 2.45) is 0 Å². The molecule has 0 aromatic heterocycles. The number of nitrogens with zero attached hydrogens (tertiary/aromatic N) is 1. The second kappa shape index (κ2) is 4.87. The van der Waals surface area contributed by atoms with Crippen LogP contribution in [-0.2, 0) is 10.0 Å². The lowest BCUT2D eigenvalue weighted by Gasteiger charge is -2.16. The quantitative estimate of drug-likeness (QED) is 0.881. The summed E-state index contributed by atoms with van der Waals surface area (Å²) in [6.45, 7) is 2.35. The number of aryl methyl sites for hydroxylation is 1. The van der Waals surface area contributed by atoms with Crippen LogP contribution in [0.2, 0.25) is 0 Å². The van der Waals surface area contributed by atoms with Crippen LogP contribution in [0.5, 0.6) is 5.75 Å². The van der Waals surface area contributed by atoms with E-state index in [1.54, 1.807) is 26.2 Å². The first-order valence-corrected chi connectivity index (χ1v) is 7.22. The summed E-state index contributed by atoms with van der Waals surface area (Å²) in [7, 11) is -1.95. The van der Waals surface area contributed by atoms with Gasteiger partial charge in [-0.1, -0.05) is 0 Å². The summed E-state index contributed by atoms with van der Waals surface area (Å²) in [5, 5.41) is 9.42. The van der Waals surface area contributed by atoms with Crippen molar-refractivity contribution in [3.8, 4) is 5.75 Å². The standard InChI is InChI=1S/C12H17NO4S/c1-9-7-11(3-4-12(9)17-2)18(15,16)13-6-5-10(14)8-13/h3-4,7,10,14H,5-6,8H2,1-2H3. The number of benzene rings is 1. The fraction of sp³-hybridized carbons (Fsp3) is 0.500. The van der Waals surface area contributed by atoms with Crippen LogP contribution in [0.15, 0.2) is 23.1 Å². The summed E-state index contributed by atoms with van der Waals surface area (Å²) in [4.78, 5) is 0.245. The average molecular weight is 271 g/mol. The predicted octanol–water partition coefficient (Wildman–Crippen LogP) is 0.759. The highest BCUT2D eigenvalue weighted by Gasteiger charge is 2.31. The van der Waals surface area contributed by atoms with Crippen LogP contribution in [0.4, 0.5) is 0 Å². The number of sulfonamides is 1. The van der Waals surface area contributed by atoms with Crippen LogP contribution in [-0.4, -0.2) is 44.1 Å². The minimum Gasteiger partial charge on any atom is -0.496 e. The molecule has 2 rings (SSSR count). The minimum atomic E-state index is -3.50. The number of methoxy groups -OCH3 is 1. The van der Waals surface area contributed by atoms with Gasteiger partial charge in [0.25, 0.3) is 0 Å². The zero-order chi connectivity index (χ0) is 13.3. The van der Waals surface area contributed by atoms with E-state index >= 15 is 0 Å². The molecule has 1 unspecified atom stereocenters. The van der Waals surface area contributed by atoms with Crippen molar-refractivity contribution >= 4 is 10.0 Å². The molecule has 0 amide bonds.